The molecule has 1 N–H and O–H groups in total. The highest BCUT2D eigenvalue weighted by Gasteiger charge is 2.54. The van der Waals surface area contributed by atoms with Gasteiger partial charge in [0.05, 0.1) is 25.6 Å². The van der Waals surface area contributed by atoms with Gasteiger partial charge in [-0.3, -0.25) is 4.79 Å². The predicted octanol–water partition coefficient (Wildman–Crippen LogP) is 8.35. The van der Waals surface area contributed by atoms with Crippen LogP contribution in [0.25, 0.3) is 0 Å². The summed E-state index contributed by atoms with van der Waals surface area (Å²) >= 11 is 6.29. The molecule has 10 nitrogen and oxygen atoms in total. The number of alkyl halides is 3. The number of halogens is 4. The van der Waals surface area contributed by atoms with Crippen LogP contribution in [0.3, 0.4) is 0 Å². The highest BCUT2D eigenvalue weighted by molar-refractivity contribution is 6.30. The molecule has 1 fully saturated rings. The van der Waals surface area contributed by atoms with Crippen molar-refractivity contribution in [3.05, 3.63) is 76.3 Å². The fourth-order valence-electron chi connectivity index (χ4n) is 5.83. The van der Waals surface area contributed by atoms with Crippen molar-refractivity contribution in [1.82, 2.24) is 0 Å². The molecule has 274 valence electrons. The second-order valence-electron chi connectivity index (χ2n) is 14.1. The van der Waals surface area contributed by atoms with Crippen molar-refractivity contribution in [2.75, 3.05) is 31.0 Å². The van der Waals surface area contributed by atoms with Gasteiger partial charge in [-0.1, -0.05) is 28.9 Å². The highest BCUT2D eigenvalue weighted by Crippen LogP contribution is 2.57. The summed E-state index contributed by atoms with van der Waals surface area (Å²) in [6.07, 6.45) is -3.33. The Kier molecular flexibility index (Phi) is 10.2. The molecule has 0 radical (unpaired) electrons. The van der Waals surface area contributed by atoms with Crippen LogP contribution in [-0.4, -0.2) is 55.9 Å². The summed E-state index contributed by atoms with van der Waals surface area (Å²) in [5, 5.41) is 7.91. The minimum Gasteiger partial charge on any atom is -0.497 e. The van der Waals surface area contributed by atoms with Crippen LogP contribution in [-0.2, 0) is 24.6 Å². The Bertz CT molecular complexity index is 1850. The number of fused-ring (bicyclic) bond motifs is 2. The highest BCUT2D eigenvalue weighted by atomic mass is 35.5. The van der Waals surface area contributed by atoms with Gasteiger partial charge >= 0.3 is 12.3 Å². The van der Waals surface area contributed by atoms with Crippen molar-refractivity contribution in [2.24, 2.45) is 5.16 Å². The summed E-state index contributed by atoms with van der Waals surface area (Å²) in [5.74, 6) is -0.715. The van der Waals surface area contributed by atoms with Gasteiger partial charge in [0.15, 0.2) is 0 Å². The third-order valence-electron chi connectivity index (χ3n) is 8.57. The lowest BCUT2D eigenvalue weighted by atomic mass is 9.99. The van der Waals surface area contributed by atoms with E-state index in [1.54, 1.807) is 84.0 Å². The molecule has 3 aromatic rings. The van der Waals surface area contributed by atoms with Gasteiger partial charge in [-0.05, 0) is 90.3 Å². The van der Waals surface area contributed by atoms with Crippen LogP contribution in [0.4, 0.5) is 24.5 Å². The van der Waals surface area contributed by atoms with Crippen LogP contribution < -0.4 is 24.4 Å². The summed E-state index contributed by atoms with van der Waals surface area (Å²) < 4.78 is 60.5. The van der Waals surface area contributed by atoms with Gasteiger partial charge in [-0.25, -0.2) is 4.79 Å². The second-order valence-corrected chi connectivity index (χ2v) is 14.6. The predicted molar refractivity (Wildman–Crippen MR) is 187 cm³/mol. The molecular formula is C37H41ClF3N3O7. The number of ether oxygens (including phenoxy) is 4. The Hall–Kier alpha value is -4.65. The number of carbonyl (C=O) groups excluding carboxylic acids is 2. The van der Waals surface area contributed by atoms with E-state index in [0.29, 0.717) is 44.7 Å². The molecule has 14 heteroatoms. The first-order chi connectivity index (χ1) is 23.7. The molecule has 1 aliphatic heterocycles. The molecular weight excluding hydrogens is 691 g/mol. The van der Waals surface area contributed by atoms with Gasteiger partial charge in [0.1, 0.15) is 28.9 Å². The summed E-state index contributed by atoms with van der Waals surface area (Å²) in [6.45, 7) is 10.3. The molecule has 1 unspecified atom stereocenters. The summed E-state index contributed by atoms with van der Waals surface area (Å²) in [4.78, 5) is 34.6. The molecule has 0 aromatic heterocycles. The van der Waals surface area contributed by atoms with Crippen molar-refractivity contribution in [2.45, 2.75) is 83.4 Å². The molecule has 5 rings (SSSR count). The quantitative estimate of drug-likeness (QED) is 0.119. The van der Waals surface area contributed by atoms with Gasteiger partial charge in [0, 0.05) is 45.9 Å². The van der Waals surface area contributed by atoms with Crippen LogP contribution in [0.2, 0.25) is 5.02 Å². The number of nitrogens with one attached hydrogen (secondary N) is 1. The van der Waals surface area contributed by atoms with Crippen molar-refractivity contribution < 1.29 is 46.5 Å². The number of oxime groups is 1. The molecule has 1 atom stereocenters. The number of nitrogens with zero attached hydrogens (tertiary/aromatic N) is 2. The van der Waals surface area contributed by atoms with E-state index in [9.17, 15) is 22.8 Å². The molecule has 2 aliphatic rings. The lowest BCUT2D eigenvalue weighted by Crippen LogP contribution is -2.40. The van der Waals surface area contributed by atoms with Crippen molar-refractivity contribution in [3.63, 3.8) is 0 Å². The van der Waals surface area contributed by atoms with Gasteiger partial charge in [-0.2, -0.15) is 0 Å². The fraction of sp³-hybridized carbons (Fsp3) is 0.432. The van der Waals surface area contributed by atoms with Gasteiger partial charge in [0.2, 0.25) is 5.60 Å². The SMILES string of the molecule is COc1cc(NC(C(=O)N2CC3(CC3)c3ccc(OC(F)(F)F)cc32)c2ccc(Cl)cc2OC)cc(/C(C)=N/OC(C)(C)C(=O)OC(C)(C)C)c1. The smallest absolute Gasteiger partial charge is 0.497 e. The first kappa shape index (κ1) is 37.6. The van der Waals surface area contributed by atoms with Gasteiger partial charge in [0.25, 0.3) is 5.91 Å². The Labute approximate surface area is 299 Å². The standard InChI is InChI=1S/C37H41ClF3N3O7/c1-21(43-51-35(5,6)33(46)50-34(2,3)4)22-15-24(18-26(16-22)47-7)42-31(27-11-9-23(38)17-30(27)48-8)32(45)44-20-36(13-14-36)28-12-10-25(19-29(28)44)49-37(39,40)41/h9-12,15-19,31,42H,13-14,20H2,1-8H3/b43-21+. The lowest BCUT2D eigenvalue weighted by Gasteiger charge is -2.28. The molecule has 0 saturated heterocycles. The van der Waals surface area contributed by atoms with Crippen LogP contribution in [0, 0.1) is 0 Å². The summed E-state index contributed by atoms with van der Waals surface area (Å²) in [5.41, 5.74) is 0.480. The molecule has 51 heavy (non-hydrogen) atoms. The number of anilines is 2. The van der Waals surface area contributed by atoms with Crippen molar-refractivity contribution in [3.8, 4) is 17.2 Å². The van der Waals surface area contributed by atoms with E-state index in [1.165, 1.54) is 31.3 Å². The minimum absolute atomic E-state index is 0.282. The number of methoxy groups -OCH3 is 2. The third kappa shape index (κ3) is 8.63. The van der Waals surface area contributed by atoms with Gasteiger partial charge < -0.3 is 34.0 Å². The Morgan fingerprint density at radius 1 is 0.941 bits per heavy atom. The van der Waals surface area contributed by atoms with Crippen LogP contribution >= 0.6 is 11.6 Å². The number of carbonyl (C=O) groups is 2. The minimum atomic E-state index is -4.90. The number of amides is 1. The van der Waals surface area contributed by atoms with E-state index in [2.05, 4.69) is 15.2 Å². The third-order valence-corrected chi connectivity index (χ3v) is 8.81. The maximum Gasteiger partial charge on any atom is 0.573 e. The van der Waals surface area contributed by atoms with E-state index in [-0.39, 0.29) is 12.0 Å². The molecule has 1 aliphatic carbocycles. The average Bonchev–Trinajstić information content (AvgIpc) is 3.76. The maximum absolute atomic E-state index is 14.7. The normalized spacial score (nSPS) is 15.9. The van der Waals surface area contributed by atoms with Crippen molar-refractivity contribution in [1.29, 1.82) is 0 Å². The monoisotopic (exact) mass is 731 g/mol. The maximum atomic E-state index is 14.7. The van der Waals surface area contributed by atoms with Crippen LogP contribution in [0.1, 0.15) is 77.1 Å². The van der Waals surface area contributed by atoms with E-state index < -0.39 is 41.2 Å². The van der Waals surface area contributed by atoms with E-state index >= 15 is 0 Å². The first-order valence-electron chi connectivity index (χ1n) is 16.2. The molecule has 1 saturated carbocycles. The van der Waals surface area contributed by atoms with Gasteiger partial charge in [-0.15, -0.1) is 13.2 Å². The second kappa shape index (κ2) is 13.8. The van der Waals surface area contributed by atoms with E-state index in [0.717, 1.165) is 18.4 Å². The topological polar surface area (TPSA) is 108 Å². The number of esters is 1. The molecule has 1 heterocycles. The number of benzene rings is 3. The van der Waals surface area contributed by atoms with Crippen LogP contribution in [0.5, 0.6) is 17.2 Å². The zero-order valence-corrected chi connectivity index (χ0v) is 30.4. The number of hydrogen-bond acceptors (Lipinski definition) is 9. The molecule has 0 bridgehead atoms. The Morgan fingerprint density at radius 3 is 2.25 bits per heavy atom. The summed E-state index contributed by atoms with van der Waals surface area (Å²) in [7, 11) is 2.93. The molecule has 1 spiro atoms. The zero-order chi connectivity index (χ0) is 37.5. The fourth-order valence-corrected chi connectivity index (χ4v) is 5.99. The summed E-state index contributed by atoms with van der Waals surface area (Å²) in [6, 6.07) is 13.0. The average molecular weight is 732 g/mol. The van der Waals surface area contributed by atoms with E-state index in [1.807, 2.05) is 0 Å². The number of rotatable bonds is 11. The first-order valence-corrected chi connectivity index (χ1v) is 16.6. The van der Waals surface area contributed by atoms with E-state index in [4.69, 9.17) is 30.6 Å². The lowest BCUT2D eigenvalue weighted by molar-refractivity contribution is -0.274. The van der Waals surface area contributed by atoms with Crippen LogP contribution in [0.15, 0.2) is 59.8 Å². The Balaban J connectivity index is 1.52. The molecule has 1 amide bonds. The Morgan fingerprint density at radius 2 is 1.65 bits per heavy atom. The van der Waals surface area contributed by atoms with Crippen molar-refractivity contribution >= 4 is 40.6 Å². The zero-order valence-electron chi connectivity index (χ0n) is 29.7. The number of hydrogen-bond donors (Lipinski definition) is 1. The largest absolute Gasteiger partial charge is 0.573 e. The molecule has 3 aromatic carbocycles.